The van der Waals surface area contributed by atoms with Gasteiger partial charge in [-0.3, -0.25) is 9.89 Å². The van der Waals surface area contributed by atoms with Gasteiger partial charge in [0.1, 0.15) is 0 Å². The number of carbonyl (C=O) groups is 2. The Kier molecular flexibility index (Phi) is 4.38. The standard InChI is InChI=1S/C12H18N4O3/c17-11(18)5-4-10-3-1-2-6-16(10)12(19)15-9-7-13-14-8-9/h7-8,10H,1-6H2,(H,13,14)(H,15,19)(H,17,18). The number of urea groups is 1. The van der Waals surface area contributed by atoms with Crippen LogP contribution in [0.25, 0.3) is 0 Å². The van der Waals surface area contributed by atoms with Crippen molar-refractivity contribution in [3.05, 3.63) is 12.4 Å². The maximum Gasteiger partial charge on any atom is 0.322 e. The number of carboxylic acids is 1. The minimum absolute atomic E-state index is 0.0109. The van der Waals surface area contributed by atoms with Gasteiger partial charge in [0, 0.05) is 25.2 Å². The summed E-state index contributed by atoms with van der Waals surface area (Å²) >= 11 is 0. The van der Waals surface area contributed by atoms with Crippen LogP contribution in [0.15, 0.2) is 12.4 Å². The summed E-state index contributed by atoms with van der Waals surface area (Å²) in [5.41, 5.74) is 0.618. The molecule has 7 nitrogen and oxygen atoms in total. The number of aromatic nitrogens is 2. The van der Waals surface area contributed by atoms with E-state index in [9.17, 15) is 9.59 Å². The quantitative estimate of drug-likeness (QED) is 0.771. The summed E-state index contributed by atoms with van der Waals surface area (Å²) in [6.07, 6.45) is 6.62. The molecule has 0 aromatic carbocycles. The molecule has 0 spiro atoms. The molecule has 19 heavy (non-hydrogen) atoms. The molecule has 7 heteroatoms. The predicted molar refractivity (Wildman–Crippen MR) is 68.8 cm³/mol. The first-order valence-electron chi connectivity index (χ1n) is 6.45. The van der Waals surface area contributed by atoms with Crippen LogP contribution >= 0.6 is 0 Å². The number of hydrogen-bond donors (Lipinski definition) is 3. The SMILES string of the molecule is O=C(O)CCC1CCCCN1C(=O)Nc1cn[nH]c1. The number of anilines is 1. The average molecular weight is 266 g/mol. The highest BCUT2D eigenvalue weighted by atomic mass is 16.4. The van der Waals surface area contributed by atoms with Crippen molar-refractivity contribution >= 4 is 17.7 Å². The third-order valence-electron chi connectivity index (χ3n) is 3.33. The van der Waals surface area contributed by atoms with E-state index >= 15 is 0 Å². The van der Waals surface area contributed by atoms with Crippen LogP contribution in [0, 0.1) is 0 Å². The van der Waals surface area contributed by atoms with Crippen LogP contribution in [-0.2, 0) is 4.79 Å². The highest BCUT2D eigenvalue weighted by molar-refractivity contribution is 5.89. The second-order valence-electron chi connectivity index (χ2n) is 4.69. The molecule has 0 radical (unpaired) electrons. The molecular formula is C12H18N4O3. The summed E-state index contributed by atoms with van der Waals surface area (Å²) in [6.45, 7) is 0.675. The van der Waals surface area contributed by atoms with Gasteiger partial charge < -0.3 is 15.3 Å². The number of hydrogen-bond acceptors (Lipinski definition) is 3. The summed E-state index contributed by atoms with van der Waals surface area (Å²) in [5.74, 6) is -0.819. The molecule has 2 rings (SSSR count). The van der Waals surface area contributed by atoms with Crippen molar-refractivity contribution in [2.75, 3.05) is 11.9 Å². The van der Waals surface area contributed by atoms with E-state index in [4.69, 9.17) is 5.11 Å². The summed E-state index contributed by atoms with van der Waals surface area (Å²) in [5, 5.41) is 17.9. The molecule has 1 atom stereocenters. The Labute approximate surface area is 111 Å². The number of aromatic amines is 1. The Hall–Kier alpha value is -2.05. The largest absolute Gasteiger partial charge is 0.481 e. The topological polar surface area (TPSA) is 98.3 Å². The van der Waals surface area contributed by atoms with Crippen LogP contribution in [0.4, 0.5) is 10.5 Å². The monoisotopic (exact) mass is 266 g/mol. The first kappa shape index (κ1) is 13.4. The third-order valence-corrected chi connectivity index (χ3v) is 3.33. The van der Waals surface area contributed by atoms with Crippen molar-refractivity contribution < 1.29 is 14.7 Å². The minimum atomic E-state index is -0.819. The number of H-pyrrole nitrogens is 1. The van der Waals surface area contributed by atoms with Gasteiger partial charge in [0.05, 0.1) is 11.9 Å². The van der Waals surface area contributed by atoms with E-state index < -0.39 is 5.97 Å². The second kappa shape index (κ2) is 6.21. The van der Waals surface area contributed by atoms with Crippen LogP contribution < -0.4 is 5.32 Å². The highest BCUT2D eigenvalue weighted by Crippen LogP contribution is 2.21. The van der Waals surface area contributed by atoms with Crippen LogP contribution in [-0.4, -0.2) is 44.8 Å². The summed E-state index contributed by atoms with van der Waals surface area (Å²) in [6, 6.07) is -0.173. The lowest BCUT2D eigenvalue weighted by Crippen LogP contribution is -2.46. The number of rotatable bonds is 4. The molecular weight excluding hydrogens is 248 g/mol. The van der Waals surface area contributed by atoms with Crippen molar-refractivity contribution in [1.29, 1.82) is 0 Å². The fourth-order valence-corrected chi connectivity index (χ4v) is 2.37. The number of carboxylic acid groups (broad SMARTS) is 1. The van der Waals surface area contributed by atoms with Crippen molar-refractivity contribution in [2.45, 2.75) is 38.1 Å². The van der Waals surface area contributed by atoms with Gasteiger partial charge in [-0.25, -0.2) is 4.79 Å². The lowest BCUT2D eigenvalue weighted by Gasteiger charge is -2.35. The second-order valence-corrected chi connectivity index (χ2v) is 4.69. The molecule has 1 fully saturated rings. The Morgan fingerprint density at radius 2 is 2.37 bits per heavy atom. The summed E-state index contributed by atoms with van der Waals surface area (Å²) in [7, 11) is 0. The zero-order valence-corrected chi connectivity index (χ0v) is 10.6. The Bertz CT molecular complexity index is 432. The summed E-state index contributed by atoms with van der Waals surface area (Å²) in [4.78, 5) is 24.5. The van der Waals surface area contributed by atoms with Crippen LogP contribution in [0.3, 0.4) is 0 Å². The zero-order valence-electron chi connectivity index (χ0n) is 10.6. The number of likely N-dealkylation sites (tertiary alicyclic amines) is 1. The van der Waals surface area contributed by atoms with Gasteiger partial charge in [-0.05, 0) is 25.7 Å². The number of nitrogens with zero attached hydrogens (tertiary/aromatic N) is 2. The first-order chi connectivity index (χ1) is 9.16. The van der Waals surface area contributed by atoms with Gasteiger partial charge in [-0.2, -0.15) is 5.10 Å². The smallest absolute Gasteiger partial charge is 0.322 e. The number of carbonyl (C=O) groups excluding carboxylic acids is 1. The molecule has 2 amide bonds. The Balaban J connectivity index is 1.94. The third kappa shape index (κ3) is 3.70. The fraction of sp³-hybridized carbons (Fsp3) is 0.583. The Morgan fingerprint density at radius 1 is 1.53 bits per heavy atom. The molecule has 104 valence electrons. The van der Waals surface area contributed by atoms with Crippen molar-refractivity contribution in [1.82, 2.24) is 15.1 Å². The highest BCUT2D eigenvalue weighted by Gasteiger charge is 2.27. The molecule has 1 unspecified atom stereocenters. The van der Waals surface area contributed by atoms with E-state index in [0.29, 0.717) is 18.7 Å². The van der Waals surface area contributed by atoms with Gasteiger partial charge in [0.2, 0.25) is 0 Å². The predicted octanol–water partition coefficient (Wildman–Crippen LogP) is 1.66. The van der Waals surface area contributed by atoms with Crippen molar-refractivity contribution in [3.63, 3.8) is 0 Å². The molecule has 1 aliphatic rings. The molecule has 3 N–H and O–H groups in total. The van der Waals surface area contributed by atoms with E-state index in [-0.39, 0.29) is 18.5 Å². The molecule has 1 aliphatic heterocycles. The van der Waals surface area contributed by atoms with Crippen LogP contribution in [0.2, 0.25) is 0 Å². The van der Waals surface area contributed by atoms with Crippen molar-refractivity contribution in [2.24, 2.45) is 0 Å². The maximum absolute atomic E-state index is 12.1. The number of piperidine rings is 1. The molecule has 0 aliphatic carbocycles. The van der Waals surface area contributed by atoms with Crippen molar-refractivity contribution in [3.8, 4) is 0 Å². The molecule has 0 bridgehead atoms. The molecule has 1 aromatic rings. The van der Waals surface area contributed by atoms with E-state index in [0.717, 1.165) is 19.3 Å². The van der Waals surface area contributed by atoms with E-state index in [1.54, 1.807) is 11.1 Å². The van der Waals surface area contributed by atoms with E-state index in [1.807, 2.05) is 0 Å². The van der Waals surface area contributed by atoms with Gasteiger partial charge in [0.15, 0.2) is 0 Å². The average Bonchev–Trinajstić information content (AvgIpc) is 2.89. The normalized spacial score (nSPS) is 19.2. The van der Waals surface area contributed by atoms with E-state index in [1.165, 1.54) is 6.20 Å². The zero-order chi connectivity index (χ0) is 13.7. The Morgan fingerprint density at radius 3 is 3.05 bits per heavy atom. The molecule has 1 saturated heterocycles. The van der Waals surface area contributed by atoms with Gasteiger partial charge >= 0.3 is 12.0 Å². The number of aliphatic carboxylic acids is 1. The number of nitrogens with one attached hydrogen (secondary N) is 2. The van der Waals surface area contributed by atoms with Crippen LogP contribution in [0.5, 0.6) is 0 Å². The molecule has 2 heterocycles. The van der Waals surface area contributed by atoms with Gasteiger partial charge in [0.25, 0.3) is 0 Å². The van der Waals surface area contributed by atoms with Gasteiger partial charge in [-0.15, -0.1) is 0 Å². The minimum Gasteiger partial charge on any atom is -0.481 e. The van der Waals surface area contributed by atoms with Gasteiger partial charge in [-0.1, -0.05) is 0 Å². The number of amides is 2. The lowest BCUT2D eigenvalue weighted by molar-refractivity contribution is -0.137. The van der Waals surface area contributed by atoms with Crippen LogP contribution in [0.1, 0.15) is 32.1 Å². The molecule has 1 aromatic heterocycles. The first-order valence-corrected chi connectivity index (χ1v) is 6.45. The maximum atomic E-state index is 12.1. The summed E-state index contributed by atoms with van der Waals surface area (Å²) < 4.78 is 0. The molecule has 0 saturated carbocycles. The lowest BCUT2D eigenvalue weighted by atomic mass is 9.98. The van der Waals surface area contributed by atoms with E-state index in [2.05, 4.69) is 15.5 Å². The fourth-order valence-electron chi connectivity index (χ4n) is 2.37.